The molecular weight excluding hydrogens is 296 g/mol. The molecule has 0 bridgehead atoms. The normalized spacial score (nSPS) is 15.0. The van der Waals surface area contributed by atoms with E-state index in [0.29, 0.717) is 11.0 Å². The van der Waals surface area contributed by atoms with Gasteiger partial charge in [0, 0.05) is 12.4 Å². The van der Waals surface area contributed by atoms with Crippen LogP contribution in [0.25, 0.3) is 11.3 Å². The number of pyridine rings is 1. The van der Waals surface area contributed by atoms with Crippen molar-refractivity contribution in [2.24, 2.45) is 0 Å². The summed E-state index contributed by atoms with van der Waals surface area (Å²) in [5, 5.41) is 9.58. The first kappa shape index (κ1) is 16.7. The third kappa shape index (κ3) is 4.96. The van der Waals surface area contributed by atoms with Gasteiger partial charge in [0.2, 0.25) is 0 Å². The molecule has 0 spiro atoms. The van der Waals surface area contributed by atoms with Crippen LogP contribution < -0.4 is 5.73 Å². The lowest BCUT2D eigenvalue weighted by atomic mass is 9.98. The highest BCUT2D eigenvalue weighted by Crippen LogP contribution is 2.22. The molecular formula is C16H22N4OS. The molecule has 2 aromatic heterocycles. The van der Waals surface area contributed by atoms with Crippen molar-refractivity contribution in [1.29, 1.82) is 0 Å². The first-order chi connectivity index (χ1) is 10.7. The molecule has 118 valence electrons. The number of anilines is 1. The third-order valence-corrected chi connectivity index (χ3v) is 4.06. The van der Waals surface area contributed by atoms with Crippen LogP contribution in [0.3, 0.4) is 0 Å². The molecule has 0 aliphatic heterocycles. The molecule has 3 rings (SSSR count). The van der Waals surface area contributed by atoms with Gasteiger partial charge in [0.15, 0.2) is 5.16 Å². The zero-order valence-electron chi connectivity index (χ0n) is 12.8. The Morgan fingerprint density at radius 1 is 1.18 bits per heavy atom. The number of nitrogens with zero attached hydrogens (tertiary/aromatic N) is 3. The second-order valence-electron chi connectivity index (χ2n) is 5.16. The van der Waals surface area contributed by atoms with Gasteiger partial charge in [-0.15, -0.1) is 0 Å². The Morgan fingerprint density at radius 2 is 1.95 bits per heavy atom. The summed E-state index contributed by atoms with van der Waals surface area (Å²) in [5.41, 5.74) is 7.39. The number of hydrogen-bond acceptors (Lipinski definition) is 6. The number of aliphatic hydroxyl groups is 1. The maximum absolute atomic E-state index is 8.91. The molecule has 1 aliphatic carbocycles. The number of thioether (sulfide) groups is 1. The molecule has 1 aliphatic rings. The molecule has 0 atom stereocenters. The van der Waals surface area contributed by atoms with Gasteiger partial charge in [-0.05, 0) is 31.2 Å². The maximum atomic E-state index is 8.91. The molecule has 2 aromatic rings. The molecule has 5 nitrogen and oxygen atoms in total. The van der Waals surface area contributed by atoms with Crippen molar-refractivity contribution < 1.29 is 5.11 Å². The highest BCUT2D eigenvalue weighted by atomic mass is 32.2. The minimum absolute atomic E-state index is 0.0359. The molecule has 0 radical (unpaired) electrons. The van der Waals surface area contributed by atoms with E-state index in [1.807, 2.05) is 24.5 Å². The van der Waals surface area contributed by atoms with Crippen molar-refractivity contribution in [3.8, 4) is 11.3 Å². The van der Waals surface area contributed by atoms with Crippen molar-refractivity contribution in [3.63, 3.8) is 0 Å². The molecule has 3 N–H and O–H groups in total. The van der Waals surface area contributed by atoms with Crippen molar-refractivity contribution in [2.75, 3.05) is 12.0 Å². The fourth-order valence-electron chi connectivity index (χ4n) is 2.28. The summed E-state index contributed by atoms with van der Waals surface area (Å²) in [7, 11) is 0. The minimum Gasteiger partial charge on any atom is -0.393 e. The van der Waals surface area contributed by atoms with E-state index in [-0.39, 0.29) is 6.10 Å². The minimum atomic E-state index is 0.0359. The van der Waals surface area contributed by atoms with Crippen LogP contribution in [0.2, 0.25) is 0 Å². The summed E-state index contributed by atoms with van der Waals surface area (Å²) >= 11 is 1.46. The maximum Gasteiger partial charge on any atom is 0.189 e. The topological polar surface area (TPSA) is 84.9 Å². The zero-order valence-corrected chi connectivity index (χ0v) is 13.6. The monoisotopic (exact) mass is 318 g/mol. The van der Waals surface area contributed by atoms with E-state index in [4.69, 9.17) is 10.8 Å². The highest BCUT2D eigenvalue weighted by molar-refractivity contribution is 7.98. The molecule has 2 heterocycles. The number of rotatable bonds is 2. The van der Waals surface area contributed by atoms with Gasteiger partial charge >= 0.3 is 0 Å². The number of nitrogens with two attached hydrogens (primary N) is 1. The van der Waals surface area contributed by atoms with Crippen molar-refractivity contribution in [1.82, 2.24) is 15.0 Å². The summed E-state index contributed by atoms with van der Waals surface area (Å²) in [4.78, 5) is 12.5. The number of nitrogen functional groups attached to an aromatic ring is 1. The van der Waals surface area contributed by atoms with Crippen LogP contribution in [0.15, 0.2) is 35.7 Å². The van der Waals surface area contributed by atoms with Crippen LogP contribution in [0.1, 0.15) is 32.1 Å². The smallest absolute Gasteiger partial charge is 0.189 e. The average molecular weight is 318 g/mol. The third-order valence-electron chi connectivity index (χ3n) is 3.49. The van der Waals surface area contributed by atoms with E-state index >= 15 is 0 Å². The van der Waals surface area contributed by atoms with Gasteiger partial charge in [0.05, 0.1) is 17.4 Å². The lowest BCUT2D eigenvalue weighted by molar-refractivity contribution is 0.130. The average Bonchev–Trinajstić information content (AvgIpc) is 2.57. The number of aromatic nitrogens is 3. The Balaban J connectivity index is 0.000000211. The molecule has 0 amide bonds. The Kier molecular flexibility index (Phi) is 6.61. The SMILES string of the molecule is CSc1ncc(-c2ccccn2)c(N)n1.OC1CCCCC1. The first-order valence-corrected chi connectivity index (χ1v) is 8.69. The fourth-order valence-corrected chi connectivity index (χ4v) is 2.62. The van der Waals surface area contributed by atoms with Gasteiger partial charge < -0.3 is 10.8 Å². The van der Waals surface area contributed by atoms with Gasteiger partial charge in [0.1, 0.15) is 5.82 Å². The van der Waals surface area contributed by atoms with Gasteiger partial charge in [-0.25, -0.2) is 9.97 Å². The highest BCUT2D eigenvalue weighted by Gasteiger charge is 2.08. The number of aliphatic hydroxyl groups excluding tert-OH is 1. The van der Waals surface area contributed by atoms with E-state index < -0.39 is 0 Å². The predicted molar refractivity (Wildman–Crippen MR) is 90.5 cm³/mol. The van der Waals surface area contributed by atoms with Gasteiger partial charge in [-0.2, -0.15) is 0 Å². The summed E-state index contributed by atoms with van der Waals surface area (Å²) < 4.78 is 0. The Morgan fingerprint density at radius 3 is 2.45 bits per heavy atom. The predicted octanol–water partition coefficient (Wildman–Crippen LogP) is 3.15. The van der Waals surface area contributed by atoms with Gasteiger partial charge in [0.25, 0.3) is 0 Å². The van der Waals surface area contributed by atoms with Crippen LogP contribution in [-0.4, -0.2) is 32.4 Å². The summed E-state index contributed by atoms with van der Waals surface area (Å²) in [5.74, 6) is 0.466. The van der Waals surface area contributed by atoms with Gasteiger partial charge in [-0.1, -0.05) is 37.1 Å². The van der Waals surface area contributed by atoms with Crippen LogP contribution in [0.4, 0.5) is 5.82 Å². The van der Waals surface area contributed by atoms with Crippen molar-refractivity contribution in [2.45, 2.75) is 43.4 Å². The van der Waals surface area contributed by atoms with Crippen LogP contribution in [-0.2, 0) is 0 Å². The molecule has 0 aromatic carbocycles. The Hall–Kier alpha value is -1.66. The standard InChI is InChI=1S/C10H10N4S.C6H12O/c1-15-10-13-6-7(9(11)14-10)8-4-2-3-5-12-8;7-6-4-2-1-3-5-6/h2-6H,1H3,(H2,11,13,14);6-7H,1-5H2. The summed E-state index contributed by atoms with van der Waals surface area (Å²) in [6.45, 7) is 0. The molecule has 1 fully saturated rings. The van der Waals surface area contributed by atoms with E-state index in [9.17, 15) is 0 Å². The molecule has 1 saturated carbocycles. The van der Waals surface area contributed by atoms with Crippen molar-refractivity contribution in [3.05, 3.63) is 30.6 Å². The Labute approximate surface area is 135 Å². The molecule has 0 unspecified atom stereocenters. The molecule has 22 heavy (non-hydrogen) atoms. The zero-order chi connectivity index (χ0) is 15.8. The fraction of sp³-hybridized carbons (Fsp3) is 0.438. The Bertz CT molecular complexity index is 574. The van der Waals surface area contributed by atoms with Crippen LogP contribution in [0, 0.1) is 0 Å². The summed E-state index contributed by atoms with van der Waals surface area (Å²) in [6.07, 6.45) is 11.3. The molecule has 0 saturated heterocycles. The largest absolute Gasteiger partial charge is 0.393 e. The summed E-state index contributed by atoms with van der Waals surface area (Å²) in [6, 6.07) is 5.65. The van der Waals surface area contributed by atoms with E-state index in [1.54, 1.807) is 12.4 Å². The van der Waals surface area contributed by atoms with Gasteiger partial charge in [-0.3, -0.25) is 4.98 Å². The second kappa shape index (κ2) is 8.70. The lowest BCUT2D eigenvalue weighted by Gasteiger charge is -2.14. The number of hydrogen-bond donors (Lipinski definition) is 2. The molecule has 6 heteroatoms. The van der Waals surface area contributed by atoms with Crippen molar-refractivity contribution >= 4 is 17.6 Å². The van der Waals surface area contributed by atoms with E-state index in [1.165, 1.54) is 31.0 Å². The lowest BCUT2D eigenvalue weighted by Crippen LogP contribution is -2.09. The van der Waals surface area contributed by atoms with Crippen LogP contribution >= 0.6 is 11.8 Å². The van der Waals surface area contributed by atoms with Crippen LogP contribution in [0.5, 0.6) is 0 Å². The quantitative estimate of drug-likeness (QED) is 0.653. The first-order valence-electron chi connectivity index (χ1n) is 7.46. The second-order valence-corrected chi connectivity index (χ2v) is 5.94. The van der Waals surface area contributed by atoms with E-state index in [2.05, 4.69) is 15.0 Å². The van der Waals surface area contributed by atoms with E-state index in [0.717, 1.165) is 24.1 Å².